The van der Waals surface area contributed by atoms with Gasteiger partial charge in [0.15, 0.2) is 0 Å². The molecule has 1 N–H and O–H groups in total. The Balaban J connectivity index is 2.31. The van der Waals surface area contributed by atoms with Crippen molar-refractivity contribution in [1.82, 2.24) is 4.90 Å². The topological polar surface area (TPSA) is 23.5 Å². The summed E-state index contributed by atoms with van der Waals surface area (Å²) in [6.45, 7) is 2.32. The van der Waals surface area contributed by atoms with E-state index >= 15 is 0 Å². The van der Waals surface area contributed by atoms with Crippen molar-refractivity contribution in [2.45, 2.75) is 25.3 Å². The molecule has 0 aromatic carbocycles. The van der Waals surface area contributed by atoms with Crippen LogP contribution in [-0.2, 0) is 0 Å². The fourth-order valence-corrected chi connectivity index (χ4v) is 1.91. The molecule has 1 rings (SSSR count). The molecule has 0 amide bonds. The highest BCUT2D eigenvalue weighted by atomic mass is 35.5. The number of halogens is 1. The maximum absolute atomic E-state index is 9.13. The fraction of sp³-hybridized carbons (Fsp3) is 0.800. The highest BCUT2D eigenvalue weighted by molar-refractivity contribution is 6.18. The van der Waals surface area contributed by atoms with E-state index in [9.17, 15) is 0 Å². The summed E-state index contributed by atoms with van der Waals surface area (Å²) in [5, 5.41) is 9.13. The van der Waals surface area contributed by atoms with Gasteiger partial charge in [0.05, 0.1) is 6.61 Å². The van der Waals surface area contributed by atoms with Crippen molar-refractivity contribution < 1.29 is 5.11 Å². The molecule has 1 atom stereocenters. The summed E-state index contributed by atoms with van der Waals surface area (Å²) in [7, 11) is 0. The van der Waals surface area contributed by atoms with Gasteiger partial charge in [0.1, 0.15) is 0 Å². The summed E-state index contributed by atoms with van der Waals surface area (Å²) in [4.78, 5) is 2.33. The first-order valence-electron chi connectivity index (χ1n) is 4.94. The van der Waals surface area contributed by atoms with E-state index in [1.807, 2.05) is 6.08 Å². The zero-order valence-electron chi connectivity index (χ0n) is 7.95. The lowest BCUT2D eigenvalue weighted by molar-refractivity contribution is 0.101. The summed E-state index contributed by atoms with van der Waals surface area (Å²) in [5.41, 5.74) is 0. The maximum Gasteiger partial charge on any atom is 0.0586 e. The third-order valence-corrected chi connectivity index (χ3v) is 2.73. The molecule has 2 nitrogen and oxygen atoms in total. The van der Waals surface area contributed by atoms with Gasteiger partial charge in [-0.3, -0.25) is 4.90 Å². The van der Waals surface area contributed by atoms with Gasteiger partial charge in [-0.25, -0.2) is 0 Å². The minimum atomic E-state index is 0.286. The fourth-order valence-electron chi connectivity index (χ4n) is 1.78. The Morgan fingerprint density at radius 3 is 2.92 bits per heavy atom. The molecule has 1 aliphatic rings. The molecular weight excluding hydrogens is 186 g/mol. The van der Waals surface area contributed by atoms with Crippen LogP contribution in [0.1, 0.15) is 19.3 Å². The van der Waals surface area contributed by atoms with Crippen molar-refractivity contribution in [1.29, 1.82) is 0 Å². The molecule has 76 valence electrons. The zero-order chi connectivity index (χ0) is 9.52. The Kier molecular flexibility index (Phi) is 5.44. The Labute approximate surface area is 85.2 Å². The van der Waals surface area contributed by atoms with Gasteiger partial charge in [0.2, 0.25) is 0 Å². The summed E-state index contributed by atoms with van der Waals surface area (Å²) in [6, 6.07) is 0.369. The maximum atomic E-state index is 9.13. The predicted octanol–water partition coefficient (Wildman–Crippen LogP) is 1.63. The molecule has 1 saturated heterocycles. The van der Waals surface area contributed by atoms with E-state index in [0.717, 1.165) is 19.5 Å². The van der Waals surface area contributed by atoms with Crippen molar-refractivity contribution in [3.05, 3.63) is 12.2 Å². The number of aliphatic hydroxyl groups excluding tert-OH is 1. The van der Waals surface area contributed by atoms with Gasteiger partial charge in [0, 0.05) is 18.5 Å². The Bertz CT molecular complexity index is 161. The van der Waals surface area contributed by atoms with Crippen LogP contribution in [0.2, 0.25) is 0 Å². The molecular formula is C10H18ClNO. The first kappa shape index (κ1) is 11.0. The minimum absolute atomic E-state index is 0.286. The quantitative estimate of drug-likeness (QED) is 0.555. The zero-order valence-corrected chi connectivity index (χ0v) is 8.71. The molecule has 1 fully saturated rings. The highest BCUT2D eigenvalue weighted by Gasteiger charge is 2.19. The Morgan fingerprint density at radius 2 is 2.23 bits per heavy atom. The summed E-state index contributed by atoms with van der Waals surface area (Å²) in [6.07, 6.45) is 7.68. The molecule has 1 heterocycles. The van der Waals surface area contributed by atoms with Crippen LogP contribution in [-0.4, -0.2) is 41.6 Å². The number of rotatable bonds is 4. The first-order chi connectivity index (χ1) is 6.38. The number of alkyl halides is 1. The molecule has 0 aromatic rings. The number of aliphatic hydroxyl groups is 1. The Hall–Kier alpha value is -0.0500. The van der Waals surface area contributed by atoms with Crippen LogP contribution in [0.5, 0.6) is 0 Å². The lowest BCUT2D eigenvalue weighted by atomic mass is 10.0. The SMILES string of the molecule is OCC1CCCCN1CC=CCCl. The highest BCUT2D eigenvalue weighted by Crippen LogP contribution is 2.15. The molecule has 0 aromatic heterocycles. The number of likely N-dealkylation sites (tertiary alicyclic amines) is 1. The van der Waals surface area contributed by atoms with Crippen LogP contribution in [0.25, 0.3) is 0 Å². The van der Waals surface area contributed by atoms with Crippen molar-refractivity contribution in [2.24, 2.45) is 0 Å². The van der Waals surface area contributed by atoms with Gasteiger partial charge in [0.25, 0.3) is 0 Å². The monoisotopic (exact) mass is 203 g/mol. The van der Waals surface area contributed by atoms with Crippen molar-refractivity contribution in [3.8, 4) is 0 Å². The predicted molar refractivity (Wildman–Crippen MR) is 56.2 cm³/mol. The minimum Gasteiger partial charge on any atom is -0.395 e. The summed E-state index contributed by atoms with van der Waals surface area (Å²) in [5.74, 6) is 0.581. The summed E-state index contributed by atoms with van der Waals surface area (Å²) < 4.78 is 0. The number of hydrogen-bond acceptors (Lipinski definition) is 2. The molecule has 13 heavy (non-hydrogen) atoms. The van der Waals surface area contributed by atoms with Crippen LogP contribution in [0.15, 0.2) is 12.2 Å². The van der Waals surface area contributed by atoms with Gasteiger partial charge in [-0.2, -0.15) is 0 Å². The van der Waals surface area contributed by atoms with E-state index < -0.39 is 0 Å². The standard InChI is InChI=1S/C10H18ClNO/c11-6-2-4-8-12-7-3-1-5-10(12)9-13/h2,4,10,13H,1,3,5-9H2. The van der Waals surface area contributed by atoms with Gasteiger partial charge >= 0.3 is 0 Å². The van der Waals surface area contributed by atoms with E-state index in [1.54, 1.807) is 0 Å². The second kappa shape index (κ2) is 6.41. The molecule has 0 saturated carbocycles. The van der Waals surface area contributed by atoms with E-state index in [4.69, 9.17) is 16.7 Å². The summed E-state index contributed by atoms with van der Waals surface area (Å²) >= 11 is 5.53. The third-order valence-electron chi connectivity index (χ3n) is 2.56. The Morgan fingerprint density at radius 1 is 1.38 bits per heavy atom. The van der Waals surface area contributed by atoms with Crippen molar-refractivity contribution in [3.63, 3.8) is 0 Å². The number of allylic oxidation sites excluding steroid dienone is 1. The number of hydrogen-bond donors (Lipinski definition) is 1. The van der Waals surface area contributed by atoms with Gasteiger partial charge in [-0.1, -0.05) is 18.6 Å². The average Bonchev–Trinajstić information content (AvgIpc) is 2.19. The van der Waals surface area contributed by atoms with E-state index in [1.165, 1.54) is 12.8 Å². The third kappa shape index (κ3) is 3.67. The first-order valence-corrected chi connectivity index (χ1v) is 5.47. The number of nitrogens with zero attached hydrogens (tertiary/aromatic N) is 1. The number of piperidine rings is 1. The van der Waals surface area contributed by atoms with Gasteiger partial charge in [-0.05, 0) is 19.4 Å². The van der Waals surface area contributed by atoms with Crippen LogP contribution in [0, 0.1) is 0 Å². The lowest BCUT2D eigenvalue weighted by Gasteiger charge is -2.33. The van der Waals surface area contributed by atoms with Crippen LogP contribution in [0.3, 0.4) is 0 Å². The molecule has 0 bridgehead atoms. The molecule has 0 spiro atoms. The average molecular weight is 204 g/mol. The molecule has 0 aliphatic carbocycles. The molecule has 1 aliphatic heterocycles. The molecule has 0 radical (unpaired) electrons. The molecule has 3 heteroatoms. The largest absolute Gasteiger partial charge is 0.395 e. The molecule has 1 unspecified atom stereocenters. The van der Waals surface area contributed by atoms with Crippen LogP contribution >= 0.6 is 11.6 Å². The second-order valence-corrected chi connectivity index (χ2v) is 3.76. The lowest BCUT2D eigenvalue weighted by Crippen LogP contribution is -2.41. The van der Waals surface area contributed by atoms with E-state index in [0.29, 0.717) is 11.9 Å². The van der Waals surface area contributed by atoms with E-state index in [-0.39, 0.29) is 6.61 Å². The van der Waals surface area contributed by atoms with Crippen molar-refractivity contribution in [2.75, 3.05) is 25.6 Å². The van der Waals surface area contributed by atoms with Gasteiger partial charge < -0.3 is 5.11 Å². The smallest absolute Gasteiger partial charge is 0.0586 e. The van der Waals surface area contributed by atoms with E-state index in [2.05, 4.69) is 11.0 Å². The van der Waals surface area contributed by atoms with Crippen LogP contribution in [0.4, 0.5) is 0 Å². The normalized spacial score (nSPS) is 25.5. The van der Waals surface area contributed by atoms with Crippen LogP contribution < -0.4 is 0 Å². The van der Waals surface area contributed by atoms with Crippen molar-refractivity contribution >= 4 is 11.6 Å². The van der Waals surface area contributed by atoms with Gasteiger partial charge in [-0.15, -0.1) is 11.6 Å². The second-order valence-electron chi connectivity index (χ2n) is 3.45.